The minimum Gasteiger partial charge on any atom is -0.396 e. The van der Waals surface area contributed by atoms with Crippen molar-refractivity contribution >= 4 is 10.0 Å². The second-order valence-corrected chi connectivity index (χ2v) is 7.59. The Hall–Kier alpha value is -0.950. The van der Waals surface area contributed by atoms with E-state index in [0.717, 1.165) is 12.1 Å². The smallest absolute Gasteiger partial charge is 0.214 e. The van der Waals surface area contributed by atoms with Crippen molar-refractivity contribution in [3.8, 4) is 0 Å². The molecular formula is C15H24N2O3S. The van der Waals surface area contributed by atoms with Gasteiger partial charge in [-0.2, -0.15) is 4.31 Å². The highest BCUT2D eigenvalue weighted by Crippen LogP contribution is 2.28. The van der Waals surface area contributed by atoms with Gasteiger partial charge in [0.05, 0.1) is 11.8 Å². The van der Waals surface area contributed by atoms with Gasteiger partial charge in [0.2, 0.25) is 10.0 Å². The summed E-state index contributed by atoms with van der Waals surface area (Å²) >= 11 is 0. The summed E-state index contributed by atoms with van der Waals surface area (Å²) < 4.78 is 26.8. The number of aliphatic hydroxyl groups excluding tert-OH is 1. The molecule has 1 aromatic carbocycles. The monoisotopic (exact) mass is 312 g/mol. The lowest BCUT2D eigenvalue weighted by Gasteiger charge is -2.39. The molecule has 1 saturated heterocycles. The van der Waals surface area contributed by atoms with E-state index in [1.165, 1.54) is 0 Å². The fourth-order valence-electron chi connectivity index (χ4n) is 2.70. The number of sulfonamides is 1. The van der Waals surface area contributed by atoms with E-state index in [0.29, 0.717) is 25.9 Å². The van der Waals surface area contributed by atoms with E-state index < -0.39 is 10.0 Å². The van der Waals surface area contributed by atoms with Crippen LogP contribution in [0.5, 0.6) is 0 Å². The molecule has 1 atom stereocenters. The van der Waals surface area contributed by atoms with Crippen molar-refractivity contribution in [2.24, 2.45) is 0 Å². The number of nitrogens with zero attached hydrogens (tertiary/aromatic N) is 2. The Morgan fingerprint density at radius 2 is 1.90 bits per heavy atom. The van der Waals surface area contributed by atoms with Crippen LogP contribution in [0.2, 0.25) is 0 Å². The van der Waals surface area contributed by atoms with Crippen molar-refractivity contribution in [2.75, 3.05) is 39.0 Å². The molecule has 0 amide bonds. The third-order valence-electron chi connectivity index (χ3n) is 3.89. The number of hydrogen-bond donors (Lipinski definition) is 1. The van der Waals surface area contributed by atoms with Crippen molar-refractivity contribution in [1.29, 1.82) is 0 Å². The molecule has 21 heavy (non-hydrogen) atoms. The number of aliphatic hydroxyl groups is 1. The van der Waals surface area contributed by atoms with Gasteiger partial charge in [0.25, 0.3) is 0 Å². The first kappa shape index (κ1) is 16.4. The lowest BCUT2D eigenvalue weighted by molar-refractivity contribution is 0.160. The summed E-state index contributed by atoms with van der Waals surface area (Å²) in [6, 6.07) is 9.68. The summed E-state index contributed by atoms with van der Waals surface area (Å²) in [6.45, 7) is 2.03. The molecule has 118 valence electrons. The van der Waals surface area contributed by atoms with Crippen LogP contribution >= 0.6 is 0 Å². The Morgan fingerprint density at radius 1 is 1.19 bits per heavy atom. The third kappa shape index (κ3) is 4.26. The zero-order valence-electron chi connectivity index (χ0n) is 12.5. The molecule has 1 fully saturated rings. The van der Waals surface area contributed by atoms with Gasteiger partial charge in [-0.15, -0.1) is 0 Å². The minimum atomic E-state index is -3.28. The van der Waals surface area contributed by atoms with Gasteiger partial charge in [-0.3, -0.25) is 0 Å². The van der Waals surface area contributed by atoms with E-state index >= 15 is 0 Å². The molecule has 1 aliphatic rings. The maximum atomic E-state index is 12.6. The molecule has 1 aliphatic heterocycles. The van der Waals surface area contributed by atoms with E-state index in [-0.39, 0.29) is 18.4 Å². The van der Waals surface area contributed by atoms with E-state index in [9.17, 15) is 8.42 Å². The van der Waals surface area contributed by atoms with Gasteiger partial charge in [0, 0.05) is 26.2 Å². The summed E-state index contributed by atoms with van der Waals surface area (Å²) in [5.74, 6) is 0.112. The van der Waals surface area contributed by atoms with Crippen molar-refractivity contribution in [3.63, 3.8) is 0 Å². The first-order valence-corrected chi connectivity index (χ1v) is 8.99. The van der Waals surface area contributed by atoms with E-state index in [1.807, 2.05) is 37.4 Å². The van der Waals surface area contributed by atoms with Crippen LogP contribution in [0.4, 0.5) is 0 Å². The van der Waals surface area contributed by atoms with Gasteiger partial charge < -0.3 is 10.0 Å². The standard InChI is InChI=1S/C15H24N2O3S/c1-16-9-10-17(21(19,20)12-6-5-11-18)15(13-16)14-7-3-2-4-8-14/h2-4,7-8,15,18H,5-6,9-13H2,1H3. The van der Waals surface area contributed by atoms with E-state index in [4.69, 9.17) is 5.11 Å². The van der Waals surface area contributed by atoms with Crippen molar-refractivity contribution in [1.82, 2.24) is 9.21 Å². The maximum absolute atomic E-state index is 12.6. The molecule has 1 unspecified atom stereocenters. The summed E-state index contributed by atoms with van der Waals surface area (Å²) in [7, 11) is -1.26. The van der Waals surface area contributed by atoms with Crippen LogP contribution in [-0.4, -0.2) is 61.8 Å². The summed E-state index contributed by atoms with van der Waals surface area (Å²) in [5, 5.41) is 8.82. The average Bonchev–Trinajstić information content (AvgIpc) is 2.48. The van der Waals surface area contributed by atoms with Crippen LogP contribution in [0, 0.1) is 0 Å². The van der Waals surface area contributed by atoms with Crippen LogP contribution in [0.15, 0.2) is 30.3 Å². The first-order valence-electron chi connectivity index (χ1n) is 7.38. The number of hydrogen-bond acceptors (Lipinski definition) is 4. The number of unbranched alkanes of at least 4 members (excludes halogenated alkanes) is 1. The molecular weight excluding hydrogens is 288 g/mol. The molecule has 0 aromatic heterocycles. The highest BCUT2D eigenvalue weighted by Gasteiger charge is 2.34. The predicted octanol–water partition coefficient (Wildman–Crippen LogP) is 1.08. The fourth-order valence-corrected chi connectivity index (χ4v) is 4.44. The van der Waals surface area contributed by atoms with Gasteiger partial charge in [0.1, 0.15) is 0 Å². The van der Waals surface area contributed by atoms with E-state index in [1.54, 1.807) is 4.31 Å². The molecule has 1 aromatic rings. The molecule has 1 heterocycles. The lowest BCUT2D eigenvalue weighted by atomic mass is 10.1. The van der Waals surface area contributed by atoms with Crippen LogP contribution in [0.3, 0.4) is 0 Å². The number of piperazine rings is 1. The summed E-state index contributed by atoms with van der Waals surface area (Å²) in [6.07, 6.45) is 1.04. The SMILES string of the molecule is CN1CCN(S(=O)(=O)CCCCO)C(c2ccccc2)C1. The average molecular weight is 312 g/mol. The summed E-state index contributed by atoms with van der Waals surface area (Å²) in [5.41, 5.74) is 1.04. The van der Waals surface area contributed by atoms with Crippen LogP contribution in [0.1, 0.15) is 24.4 Å². The van der Waals surface area contributed by atoms with Gasteiger partial charge in [0.15, 0.2) is 0 Å². The fraction of sp³-hybridized carbons (Fsp3) is 0.600. The molecule has 0 saturated carbocycles. The Kier molecular flexibility index (Phi) is 5.75. The third-order valence-corrected chi connectivity index (χ3v) is 5.84. The Morgan fingerprint density at radius 3 is 2.57 bits per heavy atom. The summed E-state index contributed by atoms with van der Waals surface area (Å²) in [4.78, 5) is 2.16. The van der Waals surface area contributed by atoms with Gasteiger partial charge >= 0.3 is 0 Å². The molecule has 0 aliphatic carbocycles. The predicted molar refractivity (Wildman–Crippen MR) is 83.5 cm³/mol. The molecule has 1 N–H and O–H groups in total. The van der Waals surface area contributed by atoms with Crippen molar-refractivity contribution < 1.29 is 13.5 Å². The normalized spacial score (nSPS) is 21.5. The van der Waals surface area contributed by atoms with Crippen molar-refractivity contribution in [3.05, 3.63) is 35.9 Å². The van der Waals surface area contributed by atoms with E-state index in [2.05, 4.69) is 4.90 Å². The number of benzene rings is 1. The molecule has 2 rings (SSSR count). The van der Waals surface area contributed by atoms with Crippen molar-refractivity contribution in [2.45, 2.75) is 18.9 Å². The van der Waals surface area contributed by atoms with Gasteiger partial charge in [-0.05, 0) is 25.5 Å². The molecule has 0 spiro atoms. The topological polar surface area (TPSA) is 60.9 Å². The number of rotatable bonds is 6. The Bertz CT molecular complexity index is 533. The maximum Gasteiger partial charge on any atom is 0.214 e. The van der Waals surface area contributed by atoms with Gasteiger partial charge in [-0.1, -0.05) is 30.3 Å². The van der Waals surface area contributed by atoms with Crippen LogP contribution in [-0.2, 0) is 10.0 Å². The Balaban J connectivity index is 2.18. The minimum absolute atomic E-state index is 0.0420. The van der Waals surface area contributed by atoms with Gasteiger partial charge in [-0.25, -0.2) is 8.42 Å². The number of likely N-dealkylation sites (N-methyl/N-ethyl adjacent to an activating group) is 1. The lowest BCUT2D eigenvalue weighted by Crippen LogP contribution is -2.49. The molecule has 5 nitrogen and oxygen atoms in total. The molecule has 6 heteroatoms. The first-order chi connectivity index (χ1) is 10.0. The van der Waals surface area contributed by atoms with Crippen LogP contribution < -0.4 is 0 Å². The zero-order valence-corrected chi connectivity index (χ0v) is 13.3. The largest absolute Gasteiger partial charge is 0.396 e. The highest BCUT2D eigenvalue weighted by molar-refractivity contribution is 7.89. The highest BCUT2D eigenvalue weighted by atomic mass is 32.2. The molecule has 0 radical (unpaired) electrons. The second kappa shape index (κ2) is 7.35. The Labute approximate surface area is 127 Å². The quantitative estimate of drug-likeness (QED) is 0.799. The van der Waals surface area contributed by atoms with Crippen LogP contribution in [0.25, 0.3) is 0 Å². The second-order valence-electron chi connectivity index (χ2n) is 5.55. The molecule has 0 bridgehead atoms. The zero-order chi connectivity index (χ0) is 15.3.